The van der Waals surface area contributed by atoms with Crippen LogP contribution in [0.25, 0.3) is 0 Å². The van der Waals surface area contributed by atoms with Crippen molar-refractivity contribution in [1.29, 1.82) is 0 Å². The Morgan fingerprint density at radius 3 is 2.38 bits per heavy atom. The van der Waals surface area contributed by atoms with E-state index in [9.17, 15) is 9.59 Å². The van der Waals surface area contributed by atoms with Crippen molar-refractivity contribution in [3.05, 3.63) is 0 Å². The fourth-order valence-corrected chi connectivity index (χ4v) is 1.80. The molecule has 5 heteroatoms. The summed E-state index contributed by atoms with van der Waals surface area (Å²) < 4.78 is 0. The van der Waals surface area contributed by atoms with Gasteiger partial charge in [-0.3, -0.25) is 9.59 Å². The fraction of sp³-hybridized carbons (Fsp3) is 0.818. The summed E-state index contributed by atoms with van der Waals surface area (Å²) in [5.74, 6) is 0.480. The first kappa shape index (κ1) is 13.0. The molecule has 5 nitrogen and oxygen atoms in total. The molecule has 0 bridgehead atoms. The van der Waals surface area contributed by atoms with Gasteiger partial charge in [0.15, 0.2) is 0 Å². The predicted molar refractivity (Wildman–Crippen MR) is 61.9 cm³/mol. The van der Waals surface area contributed by atoms with E-state index in [0.29, 0.717) is 12.5 Å². The topological polar surface area (TPSA) is 52.7 Å². The molecule has 92 valence electrons. The fourth-order valence-electron chi connectivity index (χ4n) is 1.80. The summed E-state index contributed by atoms with van der Waals surface area (Å²) in [6, 6.07) is 0.236. The van der Waals surface area contributed by atoms with Crippen molar-refractivity contribution in [2.24, 2.45) is 5.92 Å². The van der Waals surface area contributed by atoms with Crippen LogP contribution in [0.4, 0.5) is 0 Å². The molecule has 1 N–H and O–H groups in total. The number of likely N-dealkylation sites (N-methyl/N-ethyl adjacent to an activating group) is 2. The molecule has 0 saturated carbocycles. The minimum Gasteiger partial charge on any atom is -0.335 e. The number of rotatable bonds is 4. The van der Waals surface area contributed by atoms with E-state index in [2.05, 4.69) is 19.2 Å². The minimum atomic E-state index is 0.0122. The van der Waals surface area contributed by atoms with Gasteiger partial charge in [0, 0.05) is 19.6 Å². The molecule has 1 aliphatic heterocycles. The monoisotopic (exact) mass is 227 g/mol. The highest BCUT2D eigenvalue weighted by molar-refractivity contribution is 5.92. The van der Waals surface area contributed by atoms with Crippen molar-refractivity contribution in [3.63, 3.8) is 0 Å². The maximum Gasteiger partial charge on any atom is 0.242 e. The Labute approximate surface area is 96.8 Å². The first-order chi connectivity index (χ1) is 7.45. The van der Waals surface area contributed by atoms with Crippen LogP contribution in [0.1, 0.15) is 13.8 Å². The van der Waals surface area contributed by atoms with Gasteiger partial charge in [0.05, 0.1) is 13.1 Å². The summed E-state index contributed by atoms with van der Waals surface area (Å²) >= 11 is 0. The summed E-state index contributed by atoms with van der Waals surface area (Å²) in [4.78, 5) is 26.3. The maximum absolute atomic E-state index is 11.7. The maximum atomic E-state index is 11.7. The molecule has 1 saturated heterocycles. The Bertz CT molecular complexity index is 278. The highest BCUT2D eigenvalue weighted by Crippen LogP contribution is 2.08. The first-order valence-corrected chi connectivity index (χ1v) is 5.64. The van der Waals surface area contributed by atoms with Gasteiger partial charge in [-0.05, 0) is 13.0 Å². The van der Waals surface area contributed by atoms with Gasteiger partial charge in [0.2, 0.25) is 11.8 Å². The van der Waals surface area contributed by atoms with E-state index in [1.807, 2.05) is 7.05 Å². The molecular weight excluding hydrogens is 206 g/mol. The number of carbonyl (C=O) groups excluding carboxylic acids is 2. The van der Waals surface area contributed by atoms with Gasteiger partial charge in [0.25, 0.3) is 0 Å². The zero-order valence-corrected chi connectivity index (χ0v) is 10.5. The molecule has 0 aromatic carbocycles. The van der Waals surface area contributed by atoms with Crippen LogP contribution in [0.5, 0.6) is 0 Å². The number of nitrogens with one attached hydrogen (secondary N) is 1. The SMILES string of the molecule is CNC(CN1CC(=O)N(C)CC1=O)C(C)C. The smallest absolute Gasteiger partial charge is 0.242 e. The first-order valence-electron chi connectivity index (χ1n) is 5.64. The molecule has 0 spiro atoms. The Morgan fingerprint density at radius 1 is 1.25 bits per heavy atom. The second-order valence-electron chi connectivity index (χ2n) is 4.66. The lowest BCUT2D eigenvalue weighted by Crippen LogP contribution is -2.55. The van der Waals surface area contributed by atoms with Crippen molar-refractivity contribution in [1.82, 2.24) is 15.1 Å². The zero-order chi connectivity index (χ0) is 12.3. The highest BCUT2D eigenvalue weighted by Gasteiger charge is 2.29. The van der Waals surface area contributed by atoms with Gasteiger partial charge in [0.1, 0.15) is 0 Å². The number of piperazine rings is 1. The number of hydrogen-bond acceptors (Lipinski definition) is 3. The third-order valence-corrected chi connectivity index (χ3v) is 3.07. The van der Waals surface area contributed by atoms with Gasteiger partial charge in [-0.2, -0.15) is 0 Å². The van der Waals surface area contributed by atoms with E-state index in [1.165, 1.54) is 4.90 Å². The lowest BCUT2D eigenvalue weighted by atomic mass is 10.0. The Hall–Kier alpha value is -1.10. The van der Waals surface area contributed by atoms with E-state index in [1.54, 1.807) is 11.9 Å². The van der Waals surface area contributed by atoms with Crippen LogP contribution in [0, 0.1) is 5.92 Å². The lowest BCUT2D eigenvalue weighted by Gasteiger charge is -2.35. The number of hydrogen-bond donors (Lipinski definition) is 1. The van der Waals surface area contributed by atoms with Crippen LogP contribution in [-0.4, -0.2) is 61.4 Å². The zero-order valence-electron chi connectivity index (χ0n) is 10.5. The molecule has 0 aromatic heterocycles. The third-order valence-electron chi connectivity index (χ3n) is 3.07. The second kappa shape index (κ2) is 5.30. The van der Waals surface area contributed by atoms with Crippen molar-refractivity contribution in [3.8, 4) is 0 Å². The second-order valence-corrected chi connectivity index (χ2v) is 4.66. The van der Waals surface area contributed by atoms with Gasteiger partial charge in [-0.15, -0.1) is 0 Å². The molecule has 1 unspecified atom stereocenters. The van der Waals surface area contributed by atoms with E-state index >= 15 is 0 Å². The van der Waals surface area contributed by atoms with Gasteiger partial charge in [-0.1, -0.05) is 13.8 Å². The van der Waals surface area contributed by atoms with Crippen molar-refractivity contribution in [2.45, 2.75) is 19.9 Å². The van der Waals surface area contributed by atoms with Crippen LogP contribution in [0.3, 0.4) is 0 Å². The van der Waals surface area contributed by atoms with E-state index < -0.39 is 0 Å². The van der Waals surface area contributed by atoms with E-state index in [0.717, 1.165) is 0 Å². The molecule has 2 amide bonds. The van der Waals surface area contributed by atoms with E-state index in [-0.39, 0.29) is 30.9 Å². The summed E-state index contributed by atoms with van der Waals surface area (Å²) in [6.07, 6.45) is 0. The molecule has 1 rings (SSSR count). The van der Waals surface area contributed by atoms with Crippen LogP contribution >= 0.6 is 0 Å². The highest BCUT2D eigenvalue weighted by atomic mass is 16.2. The predicted octanol–water partition coefficient (Wildman–Crippen LogP) is -0.469. The average Bonchev–Trinajstić information content (AvgIpc) is 2.21. The van der Waals surface area contributed by atoms with Crippen LogP contribution in [0.15, 0.2) is 0 Å². The molecule has 1 heterocycles. The summed E-state index contributed by atoms with van der Waals surface area (Å²) in [5.41, 5.74) is 0. The minimum absolute atomic E-state index is 0.0122. The molecule has 1 aliphatic rings. The van der Waals surface area contributed by atoms with Crippen molar-refractivity contribution >= 4 is 11.8 Å². The van der Waals surface area contributed by atoms with Gasteiger partial charge in [-0.25, -0.2) is 0 Å². The Balaban J connectivity index is 2.59. The molecule has 0 aliphatic carbocycles. The summed E-state index contributed by atoms with van der Waals surface area (Å²) in [7, 11) is 3.54. The van der Waals surface area contributed by atoms with Crippen LogP contribution in [-0.2, 0) is 9.59 Å². The number of nitrogens with zero attached hydrogens (tertiary/aromatic N) is 2. The third kappa shape index (κ3) is 2.95. The van der Waals surface area contributed by atoms with Gasteiger partial charge >= 0.3 is 0 Å². The molecule has 1 atom stereocenters. The molecular formula is C11H21N3O2. The average molecular weight is 227 g/mol. The van der Waals surface area contributed by atoms with Crippen LogP contribution in [0.2, 0.25) is 0 Å². The standard InChI is InChI=1S/C11H21N3O2/c1-8(2)9(12-3)5-14-7-10(15)13(4)6-11(14)16/h8-9,12H,5-7H2,1-4H3. The molecule has 0 radical (unpaired) electrons. The number of amides is 2. The normalized spacial score (nSPS) is 19.6. The summed E-state index contributed by atoms with van der Waals surface area (Å²) in [6.45, 7) is 5.22. The summed E-state index contributed by atoms with van der Waals surface area (Å²) in [5, 5.41) is 3.18. The molecule has 0 aromatic rings. The quantitative estimate of drug-likeness (QED) is 0.706. The van der Waals surface area contributed by atoms with Crippen LogP contribution < -0.4 is 5.32 Å². The molecule has 16 heavy (non-hydrogen) atoms. The van der Waals surface area contributed by atoms with E-state index in [4.69, 9.17) is 0 Å². The molecule has 1 fully saturated rings. The lowest BCUT2D eigenvalue weighted by molar-refractivity contribution is -0.149. The Morgan fingerprint density at radius 2 is 1.88 bits per heavy atom. The Kier molecular flexibility index (Phi) is 4.29. The number of carbonyl (C=O) groups is 2. The van der Waals surface area contributed by atoms with Crippen molar-refractivity contribution < 1.29 is 9.59 Å². The van der Waals surface area contributed by atoms with Crippen molar-refractivity contribution in [2.75, 3.05) is 33.7 Å². The largest absolute Gasteiger partial charge is 0.335 e. The van der Waals surface area contributed by atoms with Gasteiger partial charge < -0.3 is 15.1 Å².